The molecular formula is C16H15ClO2Sn. The summed E-state index contributed by atoms with van der Waals surface area (Å²) in [7, 11) is 8.37. The minimum atomic E-state index is -3.46. The molecule has 0 aliphatic carbocycles. The van der Waals surface area contributed by atoms with Crippen molar-refractivity contribution in [1.82, 2.24) is 0 Å². The molecule has 2 rings (SSSR count). The summed E-state index contributed by atoms with van der Waals surface area (Å²) in [5.74, 6) is -0.376. The molecule has 0 aromatic heterocycles. The molecule has 0 amide bonds. The molecule has 0 heterocycles. The van der Waals surface area contributed by atoms with E-state index >= 15 is 0 Å². The Balaban J connectivity index is 2.49. The van der Waals surface area contributed by atoms with E-state index in [1.165, 1.54) is 13.2 Å². The van der Waals surface area contributed by atoms with Crippen LogP contribution in [0.25, 0.3) is 0 Å². The Hall–Kier alpha value is -1.26. The van der Waals surface area contributed by atoms with Crippen molar-refractivity contribution < 1.29 is 9.53 Å². The molecule has 2 nitrogen and oxygen atoms in total. The van der Waals surface area contributed by atoms with Crippen LogP contribution in [-0.2, 0) is 9.53 Å². The number of rotatable bonds is 4. The monoisotopic (exact) mass is 394 g/mol. The first kappa shape index (κ1) is 15.1. The van der Waals surface area contributed by atoms with Gasteiger partial charge in [0.2, 0.25) is 0 Å². The van der Waals surface area contributed by atoms with Crippen molar-refractivity contribution in [2.45, 2.75) is 0 Å². The van der Waals surface area contributed by atoms with E-state index in [1.807, 2.05) is 64.8 Å². The molecule has 0 unspecified atom stereocenters. The summed E-state index contributed by atoms with van der Waals surface area (Å²) in [6.07, 6.45) is 1.45. The Labute approximate surface area is 126 Å². The molecule has 0 spiro atoms. The van der Waals surface area contributed by atoms with Gasteiger partial charge in [-0.15, -0.1) is 0 Å². The van der Waals surface area contributed by atoms with Gasteiger partial charge < -0.3 is 0 Å². The molecule has 102 valence electrons. The van der Waals surface area contributed by atoms with Gasteiger partial charge in [-0.1, -0.05) is 0 Å². The number of hydrogen-bond acceptors (Lipinski definition) is 2. The molecule has 2 aromatic rings. The Morgan fingerprint density at radius 3 is 1.85 bits per heavy atom. The van der Waals surface area contributed by atoms with Crippen molar-refractivity contribution in [3.63, 3.8) is 0 Å². The fourth-order valence-corrected chi connectivity index (χ4v) is 11.0. The predicted molar refractivity (Wildman–Crippen MR) is 84.9 cm³/mol. The summed E-state index contributed by atoms with van der Waals surface area (Å²) in [4.78, 5) is 11.4. The summed E-state index contributed by atoms with van der Waals surface area (Å²) in [5.41, 5.74) is 0. The van der Waals surface area contributed by atoms with E-state index in [0.29, 0.717) is 0 Å². The van der Waals surface area contributed by atoms with Crippen LogP contribution >= 0.6 is 8.92 Å². The van der Waals surface area contributed by atoms with Crippen LogP contribution in [0.4, 0.5) is 0 Å². The van der Waals surface area contributed by atoms with Crippen molar-refractivity contribution in [3.05, 3.63) is 70.8 Å². The number of esters is 1. The number of ether oxygens (including phenoxy) is 1. The van der Waals surface area contributed by atoms with Crippen molar-refractivity contribution in [3.8, 4) is 0 Å². The van der Waals surface area contributed by atoms with Gasteiger partial charge in [0.1, 0.15) is 0 Å². The van der Waals surface area contributed by atoms with E-state index in [1.54, 1.807) is 0 Å². The maximum absolute atomic E-state index is 11.4. The zero-order valence-electron chi connectivity index (χ0n) is 11.1. The Morgan fingerprint density at radius 2 is 1.45 bits per heavy atom. The predicted octanol–water partition coefficient (Wildman–Crippen LogP) is 2.25. The molecule has 0 saturated carbocycles. The van der Waals surface area contributed by atoms with Crippen LogP contribution < -0.4 is 7.16 Å². The summed E-state index contributed by atoms with van der Waals surface area (Å²) >= 11 is -3.46. The van der Waals surface area contributed by atoms with Crippen LogP contribution in [-0.4, -0.2) is 30.3 Å². The van der Waals surface area contributed by atoms with Crippen molar-refractivity contribution in [1.29, 1.82) is 0 Å². The molecule has 20 heavy (non-hydrogen) atoms. The van der Waals surface area contributed by atoms with Crippen LogP contribution in [0.2, 0.25) is 0 Å². The number of benzene rings is 2. The van der Waals surface area contributed by atoms with Gasteiger partial charge in [-0.3, -0.25) is 0 Å². The third-order valence-electron chi connectivity index (χ3n) is 3.04. The second kappa shape index (κ2) is 6.95. The molecule has 0 aliphatic heterocycles. The van der Waals surface area contributed by atoms with E-state index in [0.717, 1.165) is 7.16 Å². The topological polar surface area (TPSA) is 26.3 Å². The van der Waals surface area contributed by atoms with Crippen LogP contribution in [0.1, 0.15) is 0 Å². The number of carbonyl (C=O) groups is 1. The van der Waals surface area contributed by atoms with Gasteiger partial charge >= 0.3 is 127 Å². The molecule has 0 atom stereocenters. The van der Waals surface area contributed by atoms with Gasteiger partial charge in [0.05, 0.1) is 0 Å². The fourth-order valence-electron chi connectivity index (χ4n) is 1.97. The van der Waals surface area contributed by atoms with Gasteiger partial charge in [0, 0.05) is 0 Å². The molecule has 4 heteroatoms. The van der Waals surface area contributed by atoms with E-state index in [9.17, 15) is 4.79 Å². The Bertz CT molecular complexity index is 557. The quantitative estimate of drug-likeness (QED) is 0.453. The first-order valence-corrected chi connectivity index (χ1v) is 14.4. The zero-order valence-corrected chi connectivity index (χ0v) is 14.7. The average molecular weight is 393 g/mol. The number of carbonyl (C=O) groups excluding carboxylic acids is 1. The second-order valence-electron chi connectivity index (χ2n) is 4.30. The van der Waals surface area contributed by atoms with Crippen LogP contribution in [0.15, 0.2) is 70.8 Å². The van der Waals surface area contributed by atoms with E-state index in [4.69, 9.17) is 8.92 Å². The summed E-state index contributed by atoms with van der Waals surface area (Å²) in [5, 5.41) is 0. The van der Waals surface area contributed by atoms with Crippen molar-refractivity contribution in [2.24, 2.45) is 0 Å². The third kappa shape index (κ3) is 3.44. The van der Waals surface area contributed by atoms with Gasteiger partial charge in [-0.2, -0.15) is 0 Å². The van der Waals surface area contributed by atoms with Gasteiger partial charge in [-0.25, -0.2) is 0 Å². The SMILES string of the molecule is COC(=O)/C=[CH]\[Sn]([Cl])([c]1ccccc1)[c]1ccccc1. The number of methoxy groups -OCH3 is 1. The Kier molecular flexibility index (Phi) is 5.26. The summed E-state index contributed by atoms with van der Waals surface area (Å²) in [6.45, 7) is 0. The number of halogens is 1. The molecule has 0 N–H and O–H groups in total. The maximum atomic E-state index is 11.4. The van der Waals surface area contributed by atoms with Crippen LogP contribution in [0.3, 0.4) is 0 Å². The van der Waals surface area contributed by atoms with E-state index < -0.39 is 17.3 Å². The molecule has 0 aliphatic rings. The average Bonchev–Trinajstić information content (AvgIpc) is 2.54. The first-order chi connectivity index (χ1) is 9.66. The zero-order chi connectivity index (χ0) is 14.4. The van der Waals surface area contributed by atoms with Crippen molar-refractivity contribution in [2.75, 3.05) is 7.11 Å². The summed E-state index contributed by atoms with van der Waals surface area (Å²) in [6, 6.07) is 19.9. The molecular weight excluding hydrogens is 378 g/mol. The van der Waals surface area contributed by atoms with E-state index in [-0.39, 0.29) is 5.97 Å². The van der Waals surface area contributed by atoms with Gasteiger partial charge in [0.25, 0.3) is 0 Å². The van der Waals surface area contributed by atoms with Crippen molar-refractivity contribution >= 4 is 39.3 Å². The van der Waals surface area contributed by atoms with Gasteiger partial charge in [-0.05, 0) is 0 Å². The molecule has 0 saturated heterocycles. The fraction of sp³-hybridized carbons (Fsp3) is 0.0625. The third-order valence-corrected chi connectivity index (χ3v) is 15.3. The molecule has 0 bridgehead atoms. The normalized spacial score (nSPS) is 11.5. The Morgan fingerprint density at radius 1 is 1.00 bits per heavy atom. The number of hydrogen-bond donors (Lipinski definition) is 0. The van der Waals surface area contributed by atoms with Crippen LogP contribution in [0, 0.1) is 0 Å². The molecule has 0 fully saturated rings. The summed E-state index contributed by atoms with van der Waals surface area (Å²) < 4.78 is 8.75. The first-order valence-electron chi connectivity index (χ1n) is 6.24. The van der Waals surface area contributed by atoms with E-state index in [2.05, 4.69) is 4.74 Å². The molecule has 2 aromatic carbocycles. The molecule has 0 radical (unpaired) electrons. The second-order valence-corrected chi connectivity index (χ2v) is 16.6. The van der Waals surface area contributed by atoms with Gasteiger partial charge in [0.15, 0.2) is 0 Å². The minimum absolute atomic E-state index is 0.376. The standard InChI is InChI=1S/2C6H5.C4H5O2.ClH.Sn/c2*1-2-4-6-5-3-1;1-3-4(5)6-2;;/h2*1-5H;1,3H,2H3;1H;/q;;;;+1/p-1. The van der Waals surface area contributed by atoms with Crippen LogP contribution in [0.5, 0.6) is 0 Å².